The monoisotopic (exact) mass is 298 g/mol. The molecule has 0 amide bonds. The van der Waals surface area contributed by atoms with Crippen LogP contribution >= 0.6 is 0 Å². The van der Waals surface area contributed by atoms with Crippen LogP contribution in [0.4, 0.5) is 0 Å². The van der Waals surface area contributed by atoms with Gasteiger partial charge in [-0.3, -0.25) is 9.09 Å². The molecule has 0 bridgehead atoms. The van der Waals surface area contributed by atoms with E-state index in [1.54, 1.807) is 6.92 Å². The maximum absolute atomic E-state index is 11.3. The van der Waals surface area contributed by atoms with Gasteiger partial charge in [0.1, 0.15) is 0 Å². The second kappa shape index (κ2) is 6.54. The Bertz CT molecular complexity index is 509. The van der Waals surface area contributed by atoms with E-state index in [1.807, 2.05) is 12.2 Å². The first-order chi connectivity index (χ1) is 9.15. The minimum Gasteiger partial charge on any atom is -0.417 e. The molecule has 0 aliphatic carbocycles. The molecule has 20 heavy (non-hydrogen) atoms. The number of hydrogen-bond acceptors (Lipinski definition) is 4. The maximum atomic E-state index is 11.3. The van der Waals surface area contributed by atoms with E-state index >= 15 is 0 Å². The van der Waals surface area contributed by atoms with Crippen molar-refractivity contribution in [1.29, 1.82) is 0 Å². The first-order valence-corrected chi connectivity index (χ1v) is 9.88. The van der Waals surface area contributed by atoms with Gasteiger partial charge >= 0.3 is 5.76 Å². The van der Waals surface area contributed by atoms with Gasteiger partial charge in [0, 0.05) is 13.2 Å². The maximum Gasteiger partial charge on any atom is 0.441 e. The molecular formula is C14H26N2O3Si. The van der Waals surface area contributed by atoms with Crippen LogP contribution in [0.25, 0.3) is 0 Å². The van der Waals surface area contributed by atoms with Gasteiger partial charge in [-0.2, -0.15) is 0 Å². The standard InChI is InChI=1S/C14H26N2O3Si/c1-12-15-19-13(17)16(12)10-8-7-9-11-18-20(5,6)14(2,3)4/h7-8H,9-11H2,1-6H3/b8-7-. The fourth-order valence-electron chi connectivity index (χ4n) is 1.44. The van der Waals surface area contributed by atoms with Crippen LogP contribution in [0, 0.1) is 6.92 Å². The van der Waals surface area contributed by atoms with Crippen LogP contribution in [0.15, 0.2) is 21.5 Å². The lowest BCUT2D eigenvalue weighted by molar-refractivity contribution is 0.294. The van der Waals surface area contributed by atoms with Crippen LogP contribution in [0.1, 0.15) is 33.0 Å². The molecule has 1 rings (SSSR count). The van der Waals surface area contributed by atoms with Crippen LogP contribution in [0.2, 0.25) is 18.1 Å². The van der Waals surface area contributed by atoms with Crippen molar-refractivity contribution in [2.45, 2.75) is 58.8 Å². The van der Waals surface area contributed by atoms with Gasteiger partial charge in [-0.05, 0) is 31.5 Å². The van der Waals surface area contributed by atoms with Crippen molar-refractivity contribution in [3.63, 3.8) is 0 Å². The number of rotatable bonds is 6. The molecule has 6 heteroatoms. The zero-order valence-electron chi connectivity index (χ0n) is 13.4. The summed E-state index contributed by atoms with van der Waals surface area (Å²) in [5, 5.41) is 3.85. The van der Waals surface area contributed by atoms with Crippen molar-refractivity contribution in [3.05, 3.63) is 28.5 Å². The molecule has 1 heterocycles. The fourth-order valence-corrected chi connectivity index (χ4v) is 2.50. The summed E-state index contributed by atoms with van der Waals surface area (Å²) < 4.78 is 12.1. The van der Waals surface area contributed by atoms with Gasteiger partial charge in [-0.1, -0.05) is 38.1 Å². The molecule has 0 fully saturated rings. The Kier molecular flexibility index (Phi) is 5.53. The molecule has 0 unspecified atom stereocenters. The summed E-state index contributed by atoms with van der Waals surface area (Å²) in [5.74, 6) is 0.182. The van der Waals surface area contributed by atoms with Crippen molar-refractivity contribution >= 4 is 8.32 Å². The van der Waals surface area contributed by atoms with E-state index < -0.39 is 14.1 Å². The Labute approximate surface area is 121 Å². The quantitative estimate of drug-likeness (QED) is 0.460. The molecule has 1 aromatic rings. The molecular weight excluding hydrogens is 272 g/mol. The largest absolute Gasteiger partial charge is 0.441 e. The van der Waals surface area contributed by atoms with E-state index in [0.29, 0.717) is 12.4 Å². The van der Waals surface area contributed by atoms with Gasteiger partial charge in [0.2, 0.25) is 0 Å². The molecule has 0 atom stereocenters. The molecule has 0 radical (unpaired) electrons. The van der Waals surface area contributed by atoms with E-state index in [4.69, 9.17) is 4.43 Å². The van der Waals surface area contributed by atoms with Crippen LogP contribution < -0.4 is 5.76 Å². The minimum atomic E-state index is -1.65. The topological polar surface area (TPSA) is 57.3 Å². The Morgan fingerprint density at radius 1 is 1.35 bits per heavy atom. The van der Waals surface area contributed by atoms with E-state index in [-0.39, 0.29) is 5.04 Å². The summed E-state index contributed by atoms with van der Waals surface area (Å²) in [6, 6.07) is 0. The molecule has 0 aliphatic heterocycles. The molecule has 0 saturated heterocycles. The number of nitrogens with zero attached hydrogens (tertiary/aromatic N) is 2. The summed E-state index contributed by atoms with van der Waals surface area (Å²) in [6.45, 7) is 14.2. The van der Waals surface area contributed by atoms with Gasteiger partial charge in [-0.15, -0.1) is 0 Å². The van der Waals surface area contributed by atoms with Crippen LogP contribution in [0.3, 0.4) is 0 Å². The molecule has 0 saturated carbocycles. The normalized spacial score (nSPS) is 13.3. The lowest BCUT2D eigenvalue weighted by atomic mass is 10.2. The third-order valence-corrected chi connectivity index (χ3v) is 8.41. The molecule has 1 aromatic heterocycles. The summed E-state index contributed by atoms with van der Waals surface area (Å²) in [6.07, 6.45) is 4.83. The fraction of sp³-hybridized carbons (Fsp3) is 0.714. The average molecular weight is 298 g/mol. The molecule has 0 aromatic carbocycles. The highest BCUT2D eigenvalue weighted by Gasteiger charge is 2.36. The lowest BCUT2D eigenvalue weighted by Crippen LogP contribution is -2.40. The number of allylic oxidation sites excluding steroid dienone is 1. The average Bonchev–Trinajstić information content (AvgIpc) is 2.63. The predicted molar refractivity (Wildman–Crippen MR) is 82.4 cm³/mol. The van der Waals surface area contributed by atoms with Crippen molar-refractivity contribution in [2.24, 2.45) is 0 Å². The summed E-state index contributed by atoms with van der Waals surface area (Å²) >= 11 is 0. The van der Waals surface area contributed by atoms with Crippen LogP contribution in [0.5, 0.6) is 0 Å². The highest BCUT2D eigenvalue weighted by atomic mass is 28.4. The van der Waals surface area contributed by atoms with Gasteiger partial charge in [-0.25, -0.2) is 4.79 Å². The highest BCUT2D eigenvalue weighted by molar-refractivity contribution is 6.74. The number of aryl methyl sites for hydroxylation is 1. The first kappa shape index (κ1) is 16.9. The number of aromatic nitrogens is 2. The third-order valence-electron chi connectivity index (χ3n) is 3.88. The van der Waals surface area contributed by atoms with Gasteiger partial charge in [0.05, 0.1) is 0 Å². The van der Waals surface area contributed by atoms with E-state index in [0.717, 1.165) is 13.0 Å². The van der Waals surface area contributed by atoms with E-state index in [9.17, 15) is 4.79 Å². The zero-order chi connectivity index (χ0) is 15.4. The zero-order valence-corrected chi connectivity index (χ0v) is 14.4. The number of hydrogen-bond donors (Lipinski definition) is 0. The minimum absolute atomic E-state index is 0.240. The van der Waals surface area contributed by atoms with E-state index in [2.05, 4.69) is 43.5 Å². The molecule has 0 aliphatic rings. The molecule has 0 spiro atoms. The highest BCUT2D eigenvalue weighted by Crippen LogP contribution is 2.36. The van der Waals surface area contributed by atoms with Crippen molar-refractivity contribution in [2.75, 3.05) is 6.61 Å². The predicted octanol–water partition coefficient (Wildman–Crippen LogP) is 3.11. The van der Waals surface area contributed by atoms with Crippen molar-refractivity contribution < 1.29 is 8.95 Å². The molecule has 0 N–H and O–H groups in total. The van der Waals surface area contributed by atoms with Gasteiger partial charge in [0.15, 0.2) is 14.1 Å². The van der Waals surface area contributed by atoms with Crippen LogP contribution in [-0.2, 0) is 11.0 Å². The lowest BCUT2D eigenvalue weighted by Gasteiger charge is -2.36. The molecule has 114 valence electrons. The van der Waals surface area contributed by atoms with E-state index in [1.165, 1.54) is 4.57 Å². The van der Waals surface area contributed by atoms with Crippen LogP contribution in [-0.4, -0.2) is 24.6 Å². The Morgan fingerprint density at radius 2 is 2.00 bits per heavy atom. The molecule has 5 nitrogen and oxygen atoms in total. The third kappa shape index (κ3) is 4.45. The van der Waals surface area contributed by atoms with Gasteiger partial charge < -0.3 is 4.43 Å². The first-order valence-electron chi connectivity index (χ1n) is 6.97. The summed E-state index contributed by atoms with van der Waals surface area (Å²) in [7, 11) is -1.65. The Balaban J connectivity index is 2.35. The summed E-state index contributed by atoms with van der Waals surface area (Å²) in [5.41, 5.74) is 0. The van der Waals surface area contributed by atoms with Crippen molar-refractivity contribution in [3.8, 4) is 0 Å². The second-order valence-electron chi connectivity index (χ2n) is 6.48. The van der Waals surface area contributed by atoms with Crippen molar-refractivity contribution in [1.82, 2.24) is 9.72 Å². The summed E-state index contributed by atoms with van der Waals surface area (Å²) in [4.78, 5) is 11.3. The Morgan fingerprint density at radius 3 is 2.50 bits per heavy atom. The van der Waals surface area contributed by atoms with Gasteiger partial charge in [0.25, 0.3) is 0 Å². The SMILES string of the molecule is Cc1noc(=O)n1C/C=C\CCO[Si](C)(C)C(C)(C)C. The second-order valence-corrected chi connectivity index (χ2v) is 11.3. The smallest absolute Gasteiger partial charge is 0.417 e. The Hall–Kier alpha value is -1.14.